The van der Waals surface area contributed by atoms with E-state index in [4.69, 9.17) is 16.3 Å². The van der Waals surface area contributed by atoms with Crippen LogP contribution in [-0.4, -0.2) is 16.1 Å². The molecule has 0 N–H and O–H groups in total. The molecule has 4 aromatic rings. The number of rotatable bonds is 6. The lowest BCUT2D eigenvalue weighted by Crippen LogP contribution is -2.27. The summed E-state index contributed by atoms with van der Waals surface area (Å²) in [5.74, 6) is 0.0723. The Morgan fingerprint density at radius 3 is 2.50 bits per heavy atom. The van der Waals surface area contributed by atoms with E-state index in [1.165, 1.54) is 12.1 Å². The predicted molar refractivity (Wildman–Crippen MR) is 141 cm³/mol. The number of carbonyl (C=O) groups is 2. The van der Waals surface area contributed by atoms with Gasteiger partial charge in [0.05, 0.1) is 15.5 Å². The van der Waals surface area contributed by atoms with Crippen molar-refractivity contribution in [3.8, 4) is 5.75 Å². The fraction of sp³-hybridized carbons (Fsp3) is 0.0370. The van der Waals surface area contributed by atoms with Gasteiger partial charge in [0.25, 0.3) is 16.8 Å². The van der Waals surface area contributed by atoms with Crippen molar-refractivity contribution in [1.82, 2.24) is 0 Å². The van der Waals surface area contributed by atoms with Crippen molar-refractivity contribution < 1.29 is 19.2 Å². The maximum Gasteiger partial charge on any atom is 0.298 e. The van der Waals surface area contributed by atoms with Crippen LogP contribution in [0.2, 0.25) is 5.02 Å². The molecule has 0 radical (unpaired) electrons. The Labute approximate surface area is 215 Å². The van der Waals surface area contributed by atoms with Crippen LogP contribution in [0.1, 0.15) is 11.1 Å². The molecule has 1 fully saturated rings. The van der Waals surface area contributed by atoms with E-state index in [-0.39, 0.29) is 17.2 Å². The maximum absolute atomic E-state index is 13.2. The first-order chi connectivity index (χ1) is 17.4. The average Bonchev–Trinajstić information content (AvgIpc) is 3.16. The molecule has 0 bridgehead atoms. The number of halogens is 1. The third kappa shape index (κ3) is 4.68. The fourth-order valence-electron chi connectivity index (χ4n) is 3.86. The van der Waals surface area contributed by atoms with Crippen molar-refractivity contribution in [1.29, 1.82) is 0 Å². The number of hydrogen-bond acceptors (Lipinski definition) is 6. The molecule has 1 heterocycles. The minimum atomic E-state index is -0.456. The molecular weight excluding hydrogens is 500 g/mol. The van der Waals surface area contributed by atoms with E-state index in [9.17, 15) is 19.7 Å². The Hall–Kier alpha value is -4.14. The number of ether oxygens (including phenoxy) is 1. The first-order valence-electron chi connectivity index (χ1n) is 10.8. The maximum atomic E-state index is 13.2. The number of nitro benzene ring substituents is 1. The van der Waals surface area contributed by atoms with E-state index in [0.717, 1.165) is 33.0 Å². The van der Waals surface area contributed by atoms with Crippen LogP contribution in [-0.2, 0) is 11.4 Å². The highest BCUT2D eigenvalue weighted by Crippen LogP contribution is 2.39. The van der Waals surface area contributed by atoms with E-state index in [1.807, 2.05) is 30.3 Å². The number of anilines is 1. The summed E-state index contributed by atoms with van der Waals surface area (Å²) in [5.41, 5.74) is 1.81. The lowest BCUT2D eigenvalue weighted by molar-refractivity contribution is -0.384. The van der Waals surface area contributed by atoms with Gasteiger partial charge in [-0.3, -0.25) is 19.7 Å². The summed E-state index contributed by atoms with van der Waals surface area (Å²) in [6.07, 6.45) is 1.67. The molecule has 0 spiro atoms. The van der Waals surface area contributed by atoms with Crippen LogP contribution >= 0.6 is 23.4 Å². The molecule has 0 aliphatic carbocycles. The first kappa shape index (κ1) is 23.6. The molecule has 36 heavy (non-hydrogen) atoms. The average molecular weight is 517 g/mol. The molecule has 1 saturated heterocycles. The van der Waals surface area contributed by atoms with Gasteiger partial charge in [0.15, 0.2) is 0 Å². The van der Waals surface area contributed by atoms with Gasteiger partial charge in [-0.15, -0.1) is 0 Å². The smallest absolute Gasteiger partial charge is 0.298 e. The second-order valence-corrected chi connectivity index (χ2v) is 9.34. The van der Waals surface area contributed by atoms with Gasteiger partial charge in [-0.05, 0) is 70.6 Å². The van der Waals surface area contributed by atoms with Crippen molar-refractivity contribution in [3.05, 3.63) is 116 Å². The van der Waals surface area contributed by atoms with E-state index in [2.05, 4.69) is 0 Å². The zero-order valence-electron chi connectivity index (χ0n) is 18.6. The molecule has 1 aliphatic rings. The van der Waals surface area contributed by atoms with Crippen molar-refractivity contribution in [2.24, 2.45) is 0 Å². The Morgan fingerprint density at radius 1 is 0.972 bits per heavy atom. The monoisotopic (exact) mass is 516 g/mol. The number of nitrogens with zero attached hydrogens (tertiary/aromatic N) is 2. The number of hydrogen-bond donors (Lipinski definition) is 0. The van der Waals surface area contributed by atoms with Gasteiger partial charge in [-0.25, -0.2) is 4.90 Å². The molecule has 0 saturated carbocycles. The van der Waals surface area contributed by atoms with Gasteiger partial charge in [-0.1, -0.05) is 48.0 Å². The van der Waals surface area contributed by atoms with Gasteiger partial charge in [0, 0.05) is 22.7 Å². The van der Waals surface area contributed by atoms with E-state index < -0.39 is 16.1 Å². The van der Waals surface area contributed by atoms with Crippen molar-refractivity contribution in [3.63, 3.8) is 0 Å². The highest BCUT2D eigenvalue weighted by molar-refractivity contribution is 8.19. The van der Waals surface area contributed by atoms with Gasteiger partial charge in [-0.2, -0.15) is 0 Å². The summed E-state index contributed by atoms with van der Waals surface area (Å²) in [6.45, 7) is 0.168. The van der Waals surface area contributed by atoms with Crippen molar-refractivity contribution in [2.75, 3.05) is 4.90 Å². The van der Waals surface area contributed by atoms with Gasteiger partial charge < -0.3 is 4.74 Å². The predicted octanol–water partition coefficient (Wildman–Crippen LogP) is 7.22. The Balaban J connectivity index is 1.50. The number of non-ortho nitro benzene ring substituents is 1. The number of amides is 2. The number of fused-ring (bicyclic) bond motifs is 1. The summed E-state index contributed by atoms with van der Waals surface area (Å²) in [4.78, 5) is 37.8. The molecule has 2 amide bonds. The summed E-state index contributed by atoms with van der Waals surface area (Å²) in [7, 11) is 0. The minimum absolute atomic E-state index is 0.000531. The zero-order chi connectivity index (χ0) is 25.2. The van der Waals surface area contributed by atoms with Gasteiger partial charge in [0.1, 0.15) is 12.4 Å². The van der Waals surface area contributed by atoms with E-state index in [0.29, 0.717) is 22.0 Å². The quantitative estimate of drug-likeness (QED) is 0.153. The molecule has 0 aromatic heterocycles. The molecule has 4 aromatic carbocycles. The summed E-state index contributed by atoms with van der Waals surface area (Å²) in [5, 5.41) is 12.7. The Bertz CT molecular complexity index is 1550. The van der Waals surface area contributed by atoms with Crippen LogP contribution < -0.4 is 9.64 Å². The van der Waals surface area contributed by atoms with Crippen LogP contribution in [0.15, 0.2) is 89.8 Å². The van der Waals surface area contributed by atoms with Crippen LogP contribution in [0.5, 0.6) is 5.75 Å². The van der Waals surface area contributed by atoms with Crippen LogP contribution in [0.25, 0.3) is 16.8 Å². The second-order valence-electron chi connectivity index (χ2n) is 7.91. The third-order valence-corrected chi connectivity index (χ3v) is 6.71. The highest BCUT2D eigenvalue weighted by atomic mass is 35.5. The van der Waals surface area contributed by atoms with Crippen LogP contribution in [0.4, 0.5) is 16.2 Å². The third-order valence-electron chi connectivity index (χ3n) is 5.61. The fourth-order valence-corrected chi connectivity index (χ4v) is 4.87. The highest BCUT2D eigenvalue weighted by Gasteiger charge is 2.36. The molecule has 5 rings (SSSR count). The van der Waals surface area contributed by atoms with Crippen LogP contribution in [0.3, 0.4) is 0 Å². The van der Waals surface area contributed by atoms with Crippen molar-refractivity contribution in [2.45, 2.75) is 6.61 Å². The molecule has 7 nitrogen and oxygen atoms in total. The van der Waals surface area contributed by atoms with E-state index >= 15 is 0 Å². The van der Waals surface area contributed by atoms with E-state index in [1.54, 1.807) is 48.5 Å². The summed E-state index contributed by atoms with van der Waals surface area (Å²) >= 11 is 6.91. The number of thioether (sulfide) groups is 1. The zero-order valence-corrected chi connectivity index (χ0v) is 20.2. The molecular formula is C27H17ClN2O5S. The number of nitro groups is 1. The standard InChI is InChI=1S/C27H17ClN2O5S/c28-19-5-3-6-21(14-19)29-26(31)25(36-27(29)32)15-23-22-7-2-1-4-18(22)10-13-24(23)35-16-17-8-11-20(12-9-17)30(33)34/h1-15H,16H2/b25-15+. The second kappa shape index (κ2) is 9.85. The summed E-state index contributed by atoms with van der Waals surface area (Å²) in [6, 6.07) is 24.1. The topological polar surface area (TPSA) is 89.7 Å². The Kier molecular flexibility index (Phi) is 6.45. The molecule has 0 unspecified atom stereocenters. The minimum Gasteiger partial charge on any atom is -0.488 e. The number of benzene rings is 4. The Morgan fingerprint density at radius 2 is 1.75 bits per heavy atom. The molecule has 178 valence electrons. The number of carbonyl (C=O) groups excluding carboxylic acids is 2. The molecule has 0 atom stereocenters. The largest absolute Gasteiger partial charge is 0.488 e. The SMILES string of the molecule is O=C1S/C(=C/c2c(OCc3ccc([N+](=O)[O-])cc3)ccc3ccccc23)C(=O)N1c1cccc(Cl)c1. The molecule has 1 aliphatic heterocycles. The molecule has 9 heteroatoms. The normalized spacial score (nSPS) is 14.6. The van der Waals surface area contributed by atoms with Gasteiger partial charge in [0.2, 0.25) is 0 Å². The lowest BCUT2D eigenvalue weighted by Gasteiger charge is -2.13. The lowest BCUT2D eigenvalue weighted by atomic mass is 10.0. The first-order valence-corrected chi connectivity index (χ1v) is 12.0. The van der Waals surface area contributed by atoms with Crippen molar-refractivity contribution >= 4 is 62.7 Å². The van der Waals surface area contributed by atoms with Gasteiger partial charge >= 0.3 is 0 Å². The number of imide groups is 1. The van der Waals surface area contributed by atoms with Crippen LogP contribution in [0, 0.1) is 10.1 Å². The summed E-state index contributed by atoms with van der Waals surface area (Å²) < 4.78 is 6.08.